The lowest BCUT2D eigenvalue weighted by Gasteiger charge is -2.16. The smallest absolute Gasteiger partial charge is 0.335 e. The van der Waals surface area contributed by atoms with Crippen molar-refractivity contribution in [2.45, 2.75) is 25.7 Å². The SMILES string of the molecule is COc1cc2c(cc1OCCCN1CCCC1)Cc1c(Nc3cccc(C(=O)O)c3)n[nH]c1-2. The summed E-state index contributed by atoms with van der Waals surface area (Å²) in [6.45, 7) is 4.13. The zero-order chi connectivity index (χ0) is 22.8. The molecule has 2 aliphatic rings. The van der Waals surface area contributed by atoms with E-state index >= 15 is 0 Å². The minimum Gasteiger partial charge on any atom is -0.493 e. The molecule has 0 unspecified atom stereocenters. The van der Waals surface area contributed by atoms with Crippen molar-refractivity contribution in [3.05, 3.63) is 53.1 Å². The second-order valence-corrected chi connectivity index (χ2v) is 8.52. The van der Waals surface area contributed by atoms with Gasteiger partial charge in [0.1, 0.15) is 0 Å². The monoisotopic (exact) mass is 448 g/mol. The van der Waals surface area contributed by atoms with Gasteiger partial charge >= 0.3 is 5.97 Å². The summed E-state index contributed by atoms with van der Waals surface area (Å²) in [6.07, 6.45) is 4.30. The van der Waals surface area contributed by atoms with Crippen LogP contribution in [0.1, 0.15) is 40.7 Å². The molecular formula is C25H28N4O4. The molecule has 3 aromatic rings. The van der Waals surface area contributed by atoms with Crippen molar-refractivity contribution >= 4 is 17.5 Å². The molecule has 1 aliphatic carbocycles. The zero-order valence-electron chi connectivity index (χ0n) is 18.7. The number of nitrogens with one attached hydrogen (secondary N) is 2. The van der Waals surface area contributed by atoms with E-state index < -0.39 is 5.97 Å². The molecule has 1 fully saturated rings. The highest BCUT2D eigenvalue weighted by molar-refractivity contribution is 5.89. The Balaban J connectivity index is 1.30. The summed E-state index contributed by atoms with van der Waals surface area (Å²) in [5, 5.41) is 20.0. The van der Waals surface area contributed by atoms with E-state index in [-0.39, 0.29) is 5.56 Å². The third-order valence-corrected chi connectivity index (χ3v) is 6.34. The lowest BCUT2D eigenvalue weighted by atomic mass is 10.1. The van der Waals surface area contributed by atoms with Crippen LogP contribution in [0.25, 0.3) is 11.3 Å². The van der Waals surface area contributed by atoms with Gasteiger partial charge in [-0.2, -0.15) is 5.10 Å². The Kier molecular flexibility index (Phi) is 5.92. The van der Waals surface area contributed by atoms with Crippen LogP contribution in [-0.2, 0) is 6.42 Å². The van der Waals surface area contributed by atoms with Gasteiger partial charge in [0.15, 0.2) is 17.3 Å². The van der Waals surface area contributed by atoms with Gasteiger partial charge in [-0.3, -0.25) is 5.10 Å². The van der Waals surface area contributed by atoms with Gasteiger partial charge in [-0.25, -0.2) is 4.79 Å². The molecule has 8 nitrogen and oxygen atoms in total. The summed E-state index contributed by atoms with van der Waals surface area (Å²) >= 11 is 0. The van der Waals surface area contributed by atoms with E-state index in [4.69, 9.17) is 9.47 Å². The molecule has 0 bridgehead atoms. The normalized spacial score (nSPS) is 14.7. The van der Waals surface area contributed by atoms with Gasteiger partial charge in [-0.05, 0) is 68.2 Å². The maximum Gasteiger partial charge on any atom is 0.335 e. The quantitative estimate of drug-likeness (QED) is 0.328. The van der Waals surface area contributed by atoms with E-state index in [1.54, 1.807) is 25.3 Å². The summed E-state index contributed by atoms with van der Waals surface area (Å²) in [7, 11) is 1.66. The van der Waals surface area contributed by atoms with Gasteiger partial charge in [-0.1, -0.05) is 6.07 Å². The first-order valence-electron chi connectivity index (χ1n) is 11.4. The Morgan fingerprint density at radius 2 is 2.06 bits per heavy atom. The lowest BCUT2D eigenvalue weighted by Crippen LogP contribution is -2.21. The third-order valence-electron chi connectivity index (χ3n) is 6.34. The Morgan fingerprint density at radius 3 is 2.85 bits per heavy atom. The molecule has 0 radical (unpaired) electrons. The lowest BCUT2D eigenvalue weighted by molar-refractivity contribution is 0.0697. The van der Waals surface area contributed by atoms with Gasteiger partial charge in [0.25, 0.3) is 0 Å². The average Bonchev–Trinajstić information content (AvgIpc) is 3.55. The molecule has 5 rings (SSSR count). The number of rotatable bonds is 9. The summed E-state index contributed by atoms with van der Waals surface area (Å²) in [5.41, 5.74) is 5.09. The number of carbonyl (C=O) groups is 1. The molecule has 0 amide bonds. The highest BCUT2D eigenvalue weighted by Gasteiger charge is 2.27. The summed E-state index contributed by atoms with van der Waals surface area (Å²) in [6, 6.07) is 10.8. The van der Waals surface area contributed by atoms with Crippen LogP contribution in [0, 0.1) is 0 Å². The van der Waals surface area contributed by atoms with Crippen molar-refractivity contribution in [2.75, 3.05) is 38.7 Å². The number of aromatic amines is 1. The van der Waals surface area contributed by atoms with Crippen molar-refractivity contribution in [2.24, 2.45) is 0 Å². The van der Waals surface area contributed by atoms with E-state index in [1.165, 1.54) is 25.9 Å². The number of fused-ring (bicyclic) bond motifs is 3. The first-order chi connectivity index (χ1) is 16.1. The van der Waals surface area contributed by atoms with Gasteiger partial charge in [0.2, 0.25) is 0 Å². The van der Waals surface area contributed by atoms with Gasteiger partial charge in [0.05, 0.1) is 25.0 Å². The fourth-order valence-electron chi connectivity index (χ4n) is 4.65. The second kappa shape index (κ2) is 9.15. The molecule has 8 heteroatoms. The van der Waals surface area contributed by atoms with Crippen LogP contribution in [0.3, 0.4) is 0 Å². The second-order valence-electron chi connectivity index (χ2n) is 8.52. The fraction of sp³-hybridized carbons (Fsp3) is 0.360. The van der Waals surface area contributed by atoms with E-state index in [0.717, 1.165) is 41.1 Å². The van der Waals surface area contributed by atoms with Crippen molar-refractivity contribution in [1.29, 1.82) is 0 Å². The van der Waals surface area contributed by atoms with Crippen molar-refractivity contribution in [1.82, 2.24) is 15.1 Å². The molecule has 0 atom stereocenters. The van der Waals surface area contributed by atoms with E-state index in [1.807, 2.05) is 12.1 Å². The molecule has 172 valence electrons. The van der Waals surface area contributed by atoms with Crippen molar-refractivity contribution in [3.8, 4) is 22.8 Å². The number of carboxylic acid groups (broad SMARTS) is 1. The van der Waals surface area contributed by atoms with Crippen LogP contribution in [0.5, 0.6) is 11.5 Å². The fourth-order valence-corrected chi connectivity index (χ4v) is 4.65. The van der Waals surface area contributed by atoms with Crippen LogP contribution >= 0.6 is 0 Å². The topological polar surface area (TPSA) is 99.7 Å². The predicted molar refractivity (Wildman–Crippen MR) is 126 cm³/mol. The molecule has 1 aromatic heterocycles. The zero-order valence-corrected chi connectivity index (χ0v) is 18.7. The van der Waals surface area contributed by atoms with Gasteiger partial charge in [-0.15, -0.1) is 0 Å². The number of ether oxygens (including phenoxy) is 2. The highest BCUT2D eigenvalue weighted by Crippen LogP contribution is 2.44. The number of nitrogens with zero attached hydrogens (tertiary/aromatic N) is 2. The molecule has 0 spiro atoms. The Labute approximate surface area is 192 Å². The summed E-state index contributed by atoms with van der Waals surface area (Å²) in [4.78, 5) is 13.8. The summed E-state index contributed by atoms with van der Waals surface area (Å²) in [5.74, 6) is 1.20. The minimum absolute atomic E-state index is 0.228. The molecular weight excluding hydrogens is 420 g/mol. The minimum atomic E-state index is -0.960. The van der Waals surface area contributed by atoms with Crippen molar-refractivity contribution in [3.63, 3.8) is 0 Å². The Morgan fingerprint density at radius 1 is 1.21 bits per heavy atom. The van der Waals surface area contributed by atoms with Crippen LogP contribution in [-0.4, -0.2) is 59.5 Å². The molecule has 33 heavy (non-hydrogen) atoms. The maximum absolute atomic E-state index is 11.3. The molecule has 1 aliphatic heterocycles. The maximum atomic E-state index is 11.3. The number of hydrogen-bond acceptors (Lipinski definition) is 6. The largest absolute Gasteiger partial charge is 0.493 e. The average molecular weight is 449 g/mol. The number of methoxy groups -OCH3 is 1. The number of aromatic carboxylic acids is 1. The molecule has 3 N–H and O–H groups in total. The molecule has 2 heterocycles. The van der Waals surface area contributed by atoms with Crippen LogP contribution < -0.4 is 14.8 Å². The van der Waals surface area contributed by atoms with Crippen LogP contribution in [0.2, 0.25) is 0 Å². The number of anilines is 2. The van der Waals surface area contributed by atoms with Crippen molar-refractivity contribution < 1.29 is 19.4 Å². The number of aromatic nitrogens is 2. The van der Waals surface area contributed by atoms with Gasteiger partial charge < -0.3 is 24.8 Å². The van der Waals surface area contributed by atoms with Crippen LogP contribution in [0.4, 0.5) is 11.5 Å². The number of H-pyrrole nitrogens is 1. The third kappa shape index (κ3) is 4.39. The Hall–Kier alpha value is -3.52. The number of benzene rings is 2. The summed E-state index contributed by atoms with van der Waals surface area (Å²) < 4.78 is 11.7. The highest BCUT2D eigenvalue weighted by atomic mass is 16.5. The number of likely N-dealkylation sites (tertiary alicyclic amines) is 1. The number of carboxylic acids is 1. The number of hydrogen-bond donors (Lipinski definition) is 3. The van der Waals surface area contributed by atoms with E-state index in [2.05, 4.69) is 26.5 Å². The van der Waals surface area contributed by atoms with Gasteiger partial charge in [0, 0.05) is 29.8 Å². The van der Waals surface area contributed by atoms with Crippen LogP contribution in [0.15, 0.2) is 36.4 Å². The Bertz CT molecular complexity index is 1170. The molecule has 0 saturated carbocycles. The van der Waals surface area contributed by atoms with E-state index in [0.29, 0.717) is 30.3 Å². The standard InChI is InChI=1S/C25H28N4O4/c1-32-21-15-19-17(14-22(21)33-11-5-10-29-8-2-3-9-29)13-20-23(19)27-28-24(20)26-18-7-4-6-16(12-18)25(30)31/h4,6-7,12,14-15H,2-3,5,8-11,13H2,1H3,(H,30,31)(H2,26,27,28). The first kappa shape index (κ1) is 21.3. The molecule has 1 saturated heterocycles. The molecule has 2 aromatic carbocycles. The van der Waals surface area contributed by atoms with E-state index in [9.17, 15) is 9.90 Å². The predicted octanol–water partition coefficient (Wildman–Crippen LogP) is 4.30. The first-order valence-corrected chi connectivity index (χ1v) is 11.4.